The van der Waals surface area contributed by atoms with E-state index in [4.69, 9.17) is 9.84 Å². The highest BCUT2D eigenvalue weighted by molar-refractivity contribution is 6.01. The Morgan fingerprint density at radius 3 is 2.52 bits per heavy atom. The van der Waals surface area contributed by atoms with E-state index in [0.29, 0.717) is 12.0 Å². The quantitative estimate of drug-likeness (QED) is 0.625. The third-order valence-electron chi connectivity index (χ3n) is 5.01. The minimum absolute atomic E-state index is 0.0109. The van der Waals surface area contributed by atoms with E-state index in [2.05, 4.69) is 0 Å². The molecule has 0 saturated carbocycles. The first-order valence-corrected chi connectivity index (χ1v) is 8.82. The van der Waals surface area contributed by atoms with Gasteiger partial charge in [-0.15, -0.1) is 0 Å². The molecule has 0 saturated heterocycles. The maximum atomic E-state index is 13.8. The number of nitrogens with zero attached hydrogens (tertiary/aromatic N) is 2. The van der Waals surface area contributed by atoms with Crippen molar-refractivity contribution >= 4 is 5.71 Å². The minimum Gasteiger partial charge on any atom is -0.464 e. The first-order valence-electron chi connectivity index (χ1n) is 8.82. The maximum Gasteiger partial charge on any atom is 0.213 e. The van der Waals surface area contributed by atoms with Crippen LogP contribution in [0.15, 0.2) is 77.9 Å². The van der Waals surface area contributed by atoms with E-state index >= 15 is 0 Å². The Hall–Kier alpha value is -3.21. The molecule has 0 unspecified atom stereocenters. The smallest absolute Gasteiger partial charge is 0.213 e. The molecule has 0 N–H and O–H groups in total. The lowest BCUT2D eigenvalue weighted by Gasteiger charge is -2.38. The lowest BCUT2D eigenvalue weighted by Crippen LogP contribution is -2.33. The zero-order valence-corrected chi connectivity index (χ0v) is 14.3. The molecular formula is C22H16F2N2O. The molecule has 3 aromatic rings. The molecule has 2 atom stereocenters. The normalized spacial score (nSPS) is 20.5. The lowest BCUT2D eigenvalue weighted by atomic mass is 9.96. The van der Waals surface area contributed by atoms with Gasteiger partial charge in [0, 0.05) is 17.5 Å². The zero-order valence-electron chi connectivity index (χ0n) is 14.3. The molecule has 2 heterocycles. The summed E-state index contributed by atoms with van der Waals surface area (Å²) in [6.07, 6.45) is 0.163. The third-order valence-corrected chi connectivity index (χ3v) is 5.01. The molecule has 3 nitrogen and oxygen atoms in total. The van der Waals surface area contributed by atoms with Crippen molar-refractivity contribution < 1.29 is 13.5 Å². The molecule has 0 spiro atoms. The second kappa shape index (κ2) is 6.20. The van der Waals surface area contributed by atoms with Gasteiger partial charge in [0.05, 0.1) is 11.8 Å². The number of para-hydroxylation sites is 1. The van der Waals surface area contributed by atoms with Gasteiger partial charge in [0.25, 0.3) is 0 Å². The van der Waals surface area contributed by atoms with Crippen LogP contribution in [-0.2, 0) is 0 Å². The fraction of sp³-hybridized carbons (Fsp3) is 0.136. The SMILES string of the molecule is Fc1ccc(C2=NN3[C@@H](c4cccc(F)c4)Oc4ccccc4[C@@H]3C2)cc1. The van der Waals surface area contributed by atoms with Crippen LogP contribution >= 0.6 is 0 Å². The van der Waals surface area contributed by atoms with Gasteiger partial charge >= 0.3 is 0 Å². The molecule has 0 radical (unpaired) electrons. The summed E-state index contributed by atoms with van der Waals surface area (Å²) >= 11 is 0. The highest BCUT2D eigenvalue weighted by Gasteiger charge is 2.40. The van der Waals surface area contributed by atoms with Crippen LogP contribution < -0.4 is 4.74 Å². The Bertz CT molecular complexity index is 1030. The van der Waals surface area contributed by atoms with Crippen molar-refractivity contribution in [3.63, 3.8) is 0 Å². The Labute approximate surface area is 155 Å². The Morgan fingerprint density at radius 1 is 0.889 bits per heavy atom. The molecule has 0 fully saturated rings. The van der Waals surface area contributed by atoms with Crippen LogP contribution in [0.3, 0.4) is 0 Å². The van der Waals surface area contributed by atoms with Gasteiger partial charge in [-0.1, -0.05) is 42.5 Å². The van der Waals surface area contributed by atoms with Gasteiger partial charge in [0.15, 0.2) is 0 Å². The monoisotopic (exact) mass is 362 g/mol. The van der Waals surface area contributed by atoms with Gasteiger partial charge in [0.2, 0.25) is 6.23 Å². The molecule has 3 aromatic carbocycles. The van der Waals surface area contributed by atoms with Crippen LogP contribution in [0.2, 0.25) is 0 Å². The number of fused-ring (bicyclic) bond motifs is 3. The topological polar surface area (TPSA) is 24.8 Å². The van der Waals surface area contributed by atoms with Gasteiger partial charge in [-0.2, -0.15) is 5.10 Å². The fourth-order valence-electron chi connectivity index (χ4n) is 3.73. The maximum absolute atomic E-state index is 13.8. The van der Waals surface area contributed by atoms with Crippen molar-refractivity contribution in [2.75, 3.05) is 0 Å². The minimum atomic E-state index is -0.515. The number of rotatable bonds is 2. The molecule has 0 bridgehead atoms. The van der Waals surface area contributed by atoms with E-state index in [-0.39, 0.29) is 17.7 Å². The van der Waals surface area contributed by atoms with Gasteiger partial charge in [0.1, 0.15) is 17.4 Å². The summed E-state index contributed by atoms with van der Waals surface area (Å²) < 4.78 is 33.3. The van der Waals surface area contributed by atoms with Crippen LogP contribution in [0.5, 0.6) is 5.75 Å². The first kappa shape index (κ1) is 16.0. The number of hydrogen-bond acceptors (Lipinski definition) is 3. The summed E-state index contributed by atoms with van der Waals surface area (Å²) in [5, 5.41) is 6.66. The highest BCUT2D eigenvalue weighted by atomic mass is 19.1. The number of hydrazone groups is 1. The van der Waals surface area contributed by atoms with Gasteiger partial charge in [-0.25, -0.2) is 13.8 Å². The van der Waals surface area contributed by atoms with Crippen LogP contribution in [-0.4, -0.2) is 10.7 Å². The second-order valence-corrected chi connectivity index (χ2v) is 6.72. The predicted octanol–water partition coefficient (Wildman–Crippen LogP) is 5.21. The van der Waals surface area contributed by atoms with Crippen molar-refractivity contribution in [3.05, 3.63) is 101 Å². The van der Waals surface area contributed by atoms with Crippen molar-refractivity contribution in [2.24, 2.45) is 5.10 Å². The van der Waals surface area contributed by atoms with Crippen molar-refractivity contribution in [1.82, 2.24) is 5.01 Å². The van der Waals surface area contributed by atoms with E-state index in [1.165, 1.54) is 24.3 Å². The number of halogens is 2. The molecular weight excluding hydrogens is 346 g/mol. The Morgan fingerprint density at radius 2 is 1.70 bits per heavy atom. The van der Waals surface area contributed by atoms with Gasteiger partial charge in [-0.3, -0.25) is 0 Å². The number of benzene rings is 3. The molecule has 0 aromatic heterocycles. The molecule has 0 amide bonds. The van der Waals surface area contributed by atoms with Gasteiger partial charge in [-0.05, 0) is 35.9 Å². The van der Waals surface area contributed by atoms with Crippen molar-refractivity contribution in [1.29, 1.82) is 0 Å². The predicted molar refractivity (Wildman–Crippen MR) is 98.3 cm³/mol. The Kier molecular flexibility index (Phi) is 3.67. The summed E-state index contributed by atoms with van der Waals surface area (Å²) in [6.45, 7) is 0. The average Bonchev–Trinajstić information content (AvgIpc) is 3.13. The Balaban J connectivity index is 1.60. The summed E-state index contributed by atoms with van der Waals surface area (Å²) in [7, 11) is 0. The van der Waals surface area contributed by atoms with E-state index in [9.17, 15) is 8.78 Å². The van der Waals surface area contributed by atoms with Gasteiger partial charge < -0.3 is 4.74 Å². The zero-order chi connectivity index (χ0) is 18.4. The third kappa shape index (κ3) is 2.76. The number of hydrogen-bond donors (Lipinski definition) is 0. The summed E-state index contributed by atoms with van der Waals surface area (Å²) in [4.78, 5) is 0. The molecule has 134 valence electrons. The summed E-state index contributed by atoms with van der Waals surface area (Å²) in [5.74, 6) is 0.193. The first-order chi connectivity index (χ1) is 13.2. The molecule has 5 heteroatoms. The largest absolute Gasteiger partial charge is 0.464 e. The molecule has 5 rings (SSSR count). The lowest BCUT2D eigenvalue weighted by molar-refractivity contribution is -0.0192. The van der Waals surface area contributed by atoms with E-state index < -0.39 is 6.23 Å². The average molecular weight is 362 g/mol. The second-order valence-electron chi connectivity index (χ2n) is 6.72. The highest BCUT2D eigenvalue weighted by Crippen LogP contribution is 2.47. The van der Waals surface area contributed by atoms with Crippen LogP contribution in [0.1, 0.15) is 35.4 Å². The molecule has 2 aliphatic rings. The summed E-state index contributed by atoms with van der Waals surface area (Å²) in [5.41, 5.74) is 3.49. The molecule has 0 aliphatic carbocycles. The molecule has 27 heavy (non-hydrogen) atoms. The van der Waals surface area contributed by atoms with E-state index in [0.717, 1.165) is 22.6 Å². The van der Waals surface area contributed by atoms with Crippen LogP contribution in [0.25, 0.3) is 0 Å². The molecule has 2 aliphatic heterocycles. The summed E-state index contributed by atoms with van der Waals surface area (Å²) in [6, 6.07) is 20.6. The van der Waals surface area contributed by atoms with E-state index in [1.54, 1.807) is 18.2 Å². The fourth-order valence-corrected chi connectivity index (χ4v) is 3.73. The van der Waals surface area contributed by atoms with E-state index in [1.807, 2.05) is 35.3 Å². The number of ether oxygens (including phenoxy) is 1. The van der Waals surface area contributed by atoms with Crippen molar-refractivity contribution in [3.8, 4) is 5.75 Å². The van der Waals surface area contributed by atoms with Crippen LogP contribution in [0.4, 0.5) is 8.78 Å². The van der Waals surface area contributed by atoms with Crippen molar-refractivity contribution in [2.45, 2.75) is 18.7 Å². The van der Waals surface area contributed by atoms with Crippen LogP contribution in [0, 0.1) is 11.6 Å². The standard InChI is InChI=1S/C22H16F2N2O/c23-16-10-8-14(9-11-16)19-13-20-18-6-1-2-7-21(18)27-22(26(20)25-19)15-4-3-5-17(24)12-15/h1-12,20,22H,13H2/t20-,22+/m0/s1.